The minimum atomic E-state index is -1.56. The number of hydrogen-bond donors (Lipinski definition) is 6. The number of amides is 4. The van der Waals surface area contributed by atoms with Crippen molar-refractivity contribution in [1.82, 2.24) is 43.6 Å². The summed E-state index contributed by atoms with van der Waals surface area (Å²) in [5.41, 5.74) is 13.8. The summed E-state index contributed by atoms with van der Waals surface area (Å²) in [6.45, 7) is 7.30. The monoisotopic (exact) mass is 741 g/mol. The van der Waals surface area contributed by atoms with Crippen molar-refractivity contribution in [3.8, 4) is 5.75 Å². The molecule has 0 bridgehead atoms. The Morgan fingerprint density at radius 3 is 1.78 bits per heavy atom. The van der Waals surface area contributed by atoms with Crippen LogP contribution in [0.2, 0.25) is 0 Å². The van der Waals surface area contributed by atoms with Gasteiger partial charge in [0, 0.05) is 24.8 Å². The number of imidazole rings is 2. The molecule has 0 aliphatic carbocycles. The van der Waals surface area contributed by atoms with Gasteiger partial charge in [-0.25, -0.2) is 15.0 Å². The highest BCUT2D eigenvalue weighted by molar-refractivity contribution is 6.05. The third-order valence-corrected chi connectivity index (χ3v) is 8.68. The van der Waals surface area contributed by atoms with Crippen molar-refractivity contribution < 1.29 is 34.1 Å². The molecule has 0 spiro atoms. The molecule has 20 nitrogen and oxygen atoms in total. The minimum absolute atomic E-state index is 0.0350. The predicted octanol–water partition coefficient (Wildman–Crippen LogP) is 0.964. The summed E-state index contributed by atoms with van der Waals surface area (Å²) in [7, 11) is 1.37. The zero-order chi connectivity index (χ0) is 39.0. The lowest BCUT2D eigenvalue weighted by atomic mass is 10.1. The molecule has 0 saturated carbocycles. The lowest BCUT2D eigenvalue weighted by Gasteiger charge is -2.22. The van der Waals surface area contributed by atoms with E-state index in [1.54, 1.807) is 26.0 Å². The van der Waals surface area contributed by atoms with Crippen molar-refractivity contribution in [2.45, 2.75) is 66.1 Å². The summed E-state index contributed by atoms with van der Waals surface area (Å²) in [6, 6.07) is 7.43. The summed E-state index contributed by atoms with van der Waals surface area (Å²) >= 11 is 0. The fraction of sp³-hybridized carbons (Fsp3) is 0.324. The van der Waals surface area contributed by atoms with Gasteiger partial charge in [-0.2, -0.15) is 10.2 Å². The van der Waals surface area contributed by atoms with Crippen LogP contribution < -0.4 is 26.8 Å². The number of rotatable bonds is 14. The smallest absolute Gasteiger partial charge is 0.276 e. The Kier molecular flexibility index (Phi) is 10.1. The maximum Gasteiger partial charge on any atom is 0.276 e. The van der Waals surface area contributed by atoms with E-state index >= 15 is 0 Å². The molecule has 6 rings (SSSR count). The van der Waals surface area contributed by atoms with Gasteiger partial charge in [-0.1, -0.05) is 0 Å². The number of aliphatic hydroxyl groups is 2. The zero-order valence-corrected chi connectivity index (χ0v) is 30.1. The summed E-state index contributed by atoms with van der Waals surface area (Å²) < 4.78 is 11.4. The molecule has 0 fully saturated rings. The number of pyridine rings is 1. The number of nitrogens with two attached hydrogens (primary N) is 2. The normalized spacial score (nSPS) is 12.6. The van der Waals surface area contributed by atoms with Gasteiger partial charge in [0.2, 0.25) is 23.7 Å². The van der Waals surface area contributed by atoms with Gasteiger partial charge in [0.25, 0.3) is 11.8 Å². The fourth-order valence-corrected chi connectivity index (χ4v) is 6.10. The van der Waals surface area contributed by atoms with Crippen LogP contribution >= 0.6 is 0 Å². The highest BCUT2D eigenvalue weighted by Gasteiger charge is 2.28. The van der Waals surface area contributed by atoms with Gasteiger partial charge in [0.1, 0.15) is 28.2 Å². The first kappa shape index (κ1) is 37.1. The number of carbonyl (C=O) groups is 4. The lowest BCUT2D eigenvalue weighted by molar-refractivity contribution is 0.00163. The van der Waals surface area contributed by atoms with Crippen LogP contribution in [0.25, 0.3) is 22.2 Å². The third kappa shape index (κ3) is 7.06. The van der Waals surface area contributed by atoms with Crippen LogP contribution in [0.3, 0.4) is 0 Å². The summed E-state index contributed by atoms with van der Waals surface area (Å²) in [5.74, 6) is -2.50. The van der Waals surface area contributed by atoms with Crippen LogP contribution in [0.1, 0.15) is 66.9 Å². The minimum Gasteiger partial charge on any atom is -0.494 e. The number of nitrogens with zero attached hydrogens (tertiary/aromatic N) is 9. The number of carbonyl (C=O) groups excluding carboxylic acids is 4. The second kappa shape index (κ2) is 14.8. The van der Waals surface area contributed by atoms with Crippen LogP contribution in [0.15, 0.2) is 36.5 Å². The zero-order valence-electron chi connectivity index (χ0n) is 30.1. The molecule has 0 unspecified atom stereocenters. The Morgan fingerprint density at radius 2 is 1.26 bits per heavy atom. The molecule has 0 aliphatic heterocycles. The summed E-state index contributed by atoms with van der Waals surface area (Å²) in [4.78, 5) is 64.3. The van der Waals surface area contributed by atoms with Crippen molar-refractivity contribution in [2.75, 3.05) is 17.7 Å². The van der Waals surface area contributed by atoms with Crippen LogP contribution in [0, 0.1) is 13.8 Å². The van der Waals surface area contributed by atoms with E-state index in [-0.39, 0.29) is 75.4 Å². The average Bonchev–Trinajstić information content (AvgIpc) is 3.90. The van der Waals surface area contributed by atoms with Gasteiger partial charge < -0.3 is 31.0 Å². The van der Waals surface area contributed by atoms with Crippen molar-refractivity contribution in [2.24, 2.45) is 11.5 Å². The molecule has 5 heterocycles. The number of aliphatic hydroxyl groups excluding tert-OH is 2. The number of hydrogen-bond acceptors (Lipinski definition) is 12. The highest BCUT2D eigenvalue weighted by atomic mass is 16.5. The number of anilines is 2. The molecule has 8 N–H and O–H groups in total. The van der Waals surface area contributed by atoms with E-state index in [9.17, 15) is 29.4 Å². The van der Waals surface area contributed by atoms with Gasteiger partial charge in [0.05, 0.1) is 54.9 Å². The molecule has 5 aromatic heterocycles. The van der Waals surface area contributed by atoms with E-state index in [0.29, 0.717) is 24.5 Å². The first-order valence-corrected chi connectivity index (χ1v) is 16.8. The molecule has 2 atom stereocenters. The number of methoxy groups -OCH3 is 1. The average molecular weight is 742 g/mol. The molecule has 6 aromatic rings. The van der Waals surface area contributed by atoms with E-state index in [0.717, 1.165) is 0 Å². The third-order valence-electron chi connectivity index (χ3n) is 8.68. The van der Waals surface area contributed by atoms with Crippen LogP contribution in [0.5, 0.6) is 5.75 Å². The number of benzene rings is 1. The molecule has 0 aliphatic rings. The quantitative estimate of drug-likeness (QED) is 0.0911. The van der Waals surface area contributed by atoms with Crippen molar-refractivity contribution in [3.63, 3.8) is 0 Å². The lowest BCUT2D eigenvalue weighted by Crippen LogP contribution is -2.35. The second-order valence-electron chi connectivity index (χ2n) is 12.4. The molecule has 1 aromatic carbocycles. The molecule has 20 heteroatoms. The van der Waals surface area contributed by atoms with Gasteiger partial charge in [-0.3, -0.25) is 43.7 Å². The largest absolute Gasteiger partial charge is 0.494 e. The van der Waals surface area contributed by atoms with Gasteiger partial charge in [0.15, 0.2) is 5.65 Å². The van der Waals surface area contributed by atoms with Crippen LogP contribution in [0.4, 0.5) is 11.9 Å². The number of primary amides is 2. The predicted molar refractivity (Wildman–Crippen MR) is 194 cm³/mol. The SMILES string of the molecule is CCn1nc(C)cc1C(=O)Nc1nc2cc(C(N)=O)cnc2n1C[C@H](O)[C@@H](O)Cn1c(NC(=O)c2cc(C)nn2CC)nc2cc(C(N)=O)cc(OC)c21. The van der Waals surface area contributed by atoms with Crippen molar-refractivity contribution in [3.05, 3.63) is 70.4 Å². The number of aryl methyl sites for hydroxylation is 4. The number of ether oxygens (including phenoxy) is 1. The Morgan fingerprint density at radius 1 is 0.759 bits per heavy atom. The van der Waals surface area contributed by atoms with Gasteiger partial charge in [-0.05, 0) is 58.0 Å². The summed E-state index contributed by atoms with van der Waals surface area (Å²) in [6.07, 6.45) is -1.88. The molecule has 54 heavy (non-hydrogen) atoms. The Balaban J connectivity index is 1.37. The van der Waals surface area contributed by atoms with E-state index in [1.807, 2.05) is 13.8 Å². The van der Waals surface area contributed by atoms with Crippen molar-refractivity contribution >= 4 is 57.7 Å². The standard InChI is InChI=1S/C34H39N13O7/c1-6-46-22(8-16(3)42-46)31(52)40-33-38-20-10-18(28(35)50)12-26(54-5)27(20)44(33)14-24(48)25(49)15-45-30-21(11-19(13-37-30)29(36)51)39-34(45)41-32(53)23-9-17(4)43-47(23)7-2/h8-13,24-25,48-49H,6-7,14-15H2,1-5H3,(H2,35,50)(H2,36,51)(H,38,40,52)(H,39,41,53)/t24-,25-/m0/s1. The van der Waals surface area contributed by atoms with Crippen LogP contribution in [-0.2, 0) is 26.2 Å². The Labute approximate surface area is 306 Å². The molecule has 0 radical (unpaired) electrons. The number of fused-ring (bicyclic) bond motifs is 2. The Bertz CT molecular complexity index is 2440. The van der Waals surface area contributed by atoms with E-state index in [1.165, 1.54) is 50.0 Å². The summed E-state index contributed by atoms with van der Waals surface area (Å²) in [5, 5.41) is 37.2. The maximum absolute atomic E-state index is 13.5. The van der Waals surface area contributed by atoms with Crippen molar-refractivity contribution in [1.29, 1.82) is 0 Å². The number of aromatic nitrogens is 9. The molecule has 282 valence electrons. The first-order chi connectivity index (χ1) is 25.7. The van der Waals surface area contributed by atoms with E-state index in [4.69, 9.17) is 16.2 Å². The second-order valence-corrected chi connectivity index (χ2v) is 12.4. The van der Waals surface area contributed by atoms with Gasteiger partial charge in [-0.15, -0.1) is 0 Å². The highest BCUT2D eigenvalue weighted by Crippen LogP contribution is 2.32. The topological polar surface area (TPSA) is 278 Å². The molecular weight excluding hydrogens is 702 g/mol. The van der Waals surface area contributed by atoms with Crippen LogP contribution in [-0.4, -0.2) is 96.8 Å². The molecule has 4 amide bonds. The van der Waals surface area contributed by atoms with Gasteiger partial charge >= 0.3 is 0 Å². The number of nitrogens with one attached hydrogen (secondary N) is 2. The molecular formula is C34H39N13O7. The van der Waals surface area contributed by atoms with E-state index in [2.05, 4.69) is 35.8 Å². The fourth-order valence-electron chi connectivity index (χ4n) is 6.10. The molecule has 0 saturated heterocycles. The maximum atomic E-state index is 13.5. The first-order valence-electron chi connectivity index (χ1n) is 16.8. The van der Waals surface area contributed by atoms with E-state index < -0.39 is 35.8 Å². The Hall–Kier alpha value is -6.67.